The highest BCUT2D eigenvalue weighted by Crippen LogP contribution is 2.33. The average Bonchev–Trinajstić information content (AvgIpc) is 2.60. The van der Waals surface area contributed by atoms with Crippen molar-refractivity contribution >= 4 is 23.3 Å². The van der Waals surface area contributed by atoms with Gasteiger partial charge in [-0.3, -0.25) is 10.1 Å². The number of carboxylic acid groups (broad SMARTS) is 1. The second-order valence-electron chi connectivity index (χ2n) is 4.93. The van der Waals surface area contributed by atoms with Crippen LogP contribution in [-0.4, -0.2) is 35.3 Å². The SMILES string of the molecule is COc1ccc(/C(=C/c2ccc(O)c([N+](=O)[O-])c2)C(=O)O)c(OC)c1. The zero-order valence-electron chi connectivity index (χ0n) is 13.4. The van der Waals surface area contributed by atoms with Gasteiger partial charge < -0.3 is 19.7 Å². The largest absolute Gasteiger partial charge is 0.502 e. The highest BCUT2D eigenvalue weighted by molar-refractivity contribution is 6.21. The lowest BCUT2D eigenvalue weighted by Crippen LogP contribution is -2.02. The standard InChI is InChI=1S/C17H15NO7/c1-24-11-4-5-12(16(9-11)25-2)13(17(20)21)7-10-3-6-15(19)14(8-10)18(22)23/h3-9,19H,1-2H3,(H,20,21)/b13-7-. The molecule has 2 aromatic rings. The highest BCUT2D eigenvalue weighted by atomic mass is 16.6. The number of aromatic hydroxyl groups is 1. The Labute approximate surface area is 142 Å². The van der Waals surface area contributed by atoms with Crippen molar-refractivity contribution in [3.05, 3.63) is 57.6 Å². The van der Waals surface area contributed by atoms with Gasteiger partial charge in [0.1, 0.15) is 11.5 Å². The van der Waals surface area contributed by atoms with E-state index in [2.05, 4.69) is 0 Å². The van der Waals surface area contributed by atoms with E-state index in [-0.39, 0.29) is 22.4 Å². The van der Waals surface area contributed by atoms with Gasteiger partial charge >= 0.3 is 11.7 Å². The van der Waals surface area contributed by atoms with Crippen molar-refractivity contribution in [3.8, 4) is 17.2 Å². The van der Waals surface area contributed by atoms with Crippen LogP contribution in [0, 0.1) is 10.1 Å². The minimum absolute atomic E-state index is 0.125. The summed E-state index contributed by atoms with van der Waals surface area (Å²) < 4.78 is 10.3. The number of carbonyl (C=O) groups is 1. The van der Waals surface area contributed by atoms with Crippen LogP contribution in [0.5, 0.6) is 17.2 Å². The number of hydrogen-bond donors (Lipinski definition) is 2. The monoisotopic (exact) mass is 345 g/mol. The molecule has 0 aliphatic heterocycles. The molecule has 2 aromatic carbocycles. The van der Waals surface area contributed by atoms with Crippen LogP contribution in [0.15, 0.2) is 36.4 Å². The molecule has 8 nitrogen and oxygen atoms in total. The third kappa shape index (κ3) is 3.86. The summed E-state index contributed by atoms with van der Waals surface area (Å²) in [7, 11) is 2.86. The molecule has 2 N–H and O–H groups in total. The molecule has 0 aliphatic rings. The molecular weight excluding hydrogens is 330 g/mol. The third-order valence-corrected chi connectivity index (χ3v) is 3.44. The fraction of sp³-hybridized carbons (Fsp3) is 0.118. The first-order valence-electron chi connectivity index (χ1n) is 7.02. The molecule has 0 saturated carbocycles. The summed E-state index contributed by atoms with van der Waals surface area (Å²) >= 11 is 0. The Kier molecular flexibility index (Phi) is 5.23. The number of methoxy groups -OCH3 is 2. The first-order chi connectivity index (χ1) is 11.9. The van der Waals surface area contributed by atoms with Crippen LogP contribution in [0.3, 0.4) is 0 Å². The molecule has 130 valence electrons. The Bertz CT molecular complexity index is 858. The van der Waals surface area contributed by atoms with Crippen molar-refractivity contribution in [3.63, 3.8) is 0 Å². The molecule has 0 aromatic heterocycles. The summed E-state index contributed by atoms with van der Waals surface area (Å²) in [5.74, 6) is -0.966. The molecule has 0 spiro atoms. The van der Waals surface area contributed by atoms with E-state index >= 15 is 0 Å². The van der Waals surface area contributed by atoms with Crippen molar-refractivity contribution in [2.24, 2.45) is 0 Å². The van der Waals surface area contributed by atoms with Crippen LogP contribution in [0.25, 0.3) is 11.6 Å². The number of hydrogen-bond acceptors (Lipinski definition) is 6. The number of nitro groups is 1. The van der Waals surface area contributed by atoms with Gasteiger partial charge in [-0.25, -0.2) is 4.79 Å². The van der Waals surface area contributed by atoms with Gasteiger partial charge in [-0.1, -0.05) is 6.07 Å². The number of rotatable bonds is 6. The number of aliphatic carboxylic acids is 1. The molecule has 0 amide bonds. The Morgan fingerprint density at radius 1 is 1.16 bits per heavy atom. The van der Waals surface area contributed by atoms with Crippen molar-refractivity contribution in [1.82, 2.24) is 0 Å². The predicted molar refractivity (Wildman–Crippen MR) is 89.8 cm³/mol. The normalized spacial score (nSPS) is 11.0. The van der Waals surface area contributed by atoms with Gasteiger partial charge in [-0.05, 0) is 29.8 Å². The van der Waals surface area contributed by atoms with Crippen LogP contribution < -0.4 is 9.47 Å². The molecular formula is C17H15NO7. The number of carboxylic acids is 1. The van der Waals surface area contributed by atoms with E-state index in [1.807, 2.05) is 0 Å². The lowest BCUT2D eigenvalue weighted by molar-refractivity contribution is -0.385. The summed E-state index contributed by atoms with van der Waals surface area (Å²) in [4.78, 5) is 21.8. The summed E-state index contributed by atoms with van der Waals surface area (Å²) in [6, 6.07) is 8.23. The van der Waals surface area contributed by atoms with Crippen LogP contribution in [0.4, 0.5) is 5.69 Å². The minimum atomic E-state index is -1.24. The van der Waals surface area contributed by atoms with Crippen molar-refractivity contribution in [2.75, 3.05) is 14.2 Å². The van der Waals surface area contributed by atoms with E-state index in [0.717, 1.165) is 12.1 Å². The van der Waals surface area contributed by atoms with Gasteiger partial charge in [-0.15, -0.1) is 0 Å². The number of benzene rings is 2. The van der Waals surface area contributed by atoms with Gasteiger partial charge in [0.15, 0.2) is 5.75 Å². The van der Waals surface area contributed by atoms with E-state index < -0.39 is 22.3 Å². The fourth-order valence-electron chi connectivity index (χ4n) is 2.22. The molecule has 0 aliphatic carbocycles. The summed E-state index contributed by atoms with van der Waals surface area (Å²) in [5.41, 5.74) is -0.106. The topological polar surface area (TPSA) is 119 Å². The second-order valence-corrected chi connectivity index (χ2v) is 4.93. The Morgan fingerprint density at radius 2 is 1.88 bits per heavy atom. The molecule has 0 bridgehead atoms. The van der Waals surface area contributed by atoms with E-state index in [1.165, 1.54) is 38.5 Å². The van der Waals surface area contributed by atoms with Gasteiger partial charge in [0.2, 0.25) is 0 Å². The number of ether oxygens (including phenoxy) is 2. The van der Waals surface area contributed by atoms with Gasteiger partial charge in [-0.2, -0.15) is 0 Å². The first-order valence-corrected chi connectivity index (χ1v) is 7.02. The molecule has 0 saturated heterocycles. The minimum Gasteiger partial charge on any atom is -0.502 e. The average molecular weight is 345 g/mol. The van der Waals surface area contributed by atoms with Crippen LogP contribution in [0.2, 0.25) is 0 Å². The first kappa shape index (κ1) is 17.8. The van der Waals surface area contributed by atoms with Crippen LogP contribution >= 0.6 is 0 Å². The maximum Gasteiger partial charge on any atom is 0.336 e. The summed E-state index contributed by atoms with van der Waals surface area (Å²) in [6.07, 6.45) is 1.26. The van der Waals surface area contributed by atoms with E-state index in [4.69, 9.17) is 9.47 Å². The lowest BCUT2D eigenvalue weighted by atomic mass is 10.0. The van der Waals surface area contributed by atoms with Crippen LogP contribution in [-0.2, 0) is 4.79 Å². The van der Waals surface area contributed by atoms with Crippen molar-refractivity contribution in [1.29, 1.82) is 0 Å². The molecule has 0 heterocycles. The number of nitro benzene ring substituents is 1. The van der Waals surface area contributed by atoms with Crippen molar-refractivity contribution in [2.45, 2.75) is 0 Å². The zero-order valence-corrected chi connectivity index (χ0v) is 13.4. The molecule has 25 heavy (non-hydrogen) atoms. The van der Waals surface area contributed by atoms with Gasteiger partial charge in [0.05, 0.1) is 24.7 Å². The second kappa shape index (κ2) is 7.35. The maximum atomic E-state index is 11.7. The molecule has 0 fully saturated rings. The molecule has 8 heteroatoms. The molecule has 0 radical (unpaired) electrons. The van der Waals surface area contributed by atoms with E-state index in [1.54, 1.807) is 6.07 Å². The zero-order chi connectivity index (χ0) is 18.6. The van der Waals surface area contributed by atoms with Crippen molar-refractivity contribution < 1.29 is 29.4 Å². The van der Waals surface area contributed by atoms with Gasteiger partial charge in [0.25, 0.3) is 0 Å². The maximum absolute atomic E-state index is 11.7. The molecule has 0 atom stereocenters. The number of phenolic OH excluding ortho intramolecular Hbond substituents is 1. The highest BCUT2D eigenvalue weighted by Gasteiger charge is 2.18. The molecule has 2 rings (SSSR count). The Hall–Kier alpha value is -3.55. The quantitative estimate of drug-likeness (QED) is 0.357. The van der Waals surface area contributed by atoms with E-state index in [0.29, 0.717) is 5.75 Å². The smallest absolute Gasteiger partial charge is 0.336 e. The summed E-state index contributed by atoms with van der Waals surface area (Å²) in [6.45, 7) is 0. The Balaban J connectivity index is 2.60. The Morgan fingerprint density at radius 3 is 2.44 bits per heavy atom. The number of nitrogens with zero attached hydrogens (tertiary/aromatic N) is 1. The number of phenols is 1. The summed E-state index contributed by atoms with van der Waals surface area (Å²) in [5, 5.41) is 29.9. The van der Waals surface area contributed by atoms with E-state index in [9.17, 15) is 25.1 Å². The molecule has 0 unspecified atom stereocenters. The fourth-order valence-corrected chi connectivity index (χ4v) is 2.22. The van der Waals surface area contributed by atoms with Crippen LogP contribution in [0.1, 0.15) is 11.1 Å². The lowest BCUT2D eigenvalue weighted by Gasteiger charge is -2.11. The van der Waals surface area contributed by atoms with Gasteiger partial charge in [0, 0.05) is 17.7 Å². The third-order valence-electron chi connectivity index (χ3n) is 3.44. The predicted octanol–water partition coefficient (Wildman–Crippen LogP) is 2.94.